The number of piperazine rings is 1. The predicted octanol–water partition coefficient (Wildman–Crippen LogP) is -0.135. The molecule has 2 amide bonds. The first-order chi connectivity index (χ1) is 8.70. The Labute approximate surface area is 112 Å². The third-order valence-corrected chi connectivity index (χ3v) is 4.82. The van der Waals surface area contributed by atoms with Gasteiger partial charge in [-0.1, -0.05) is 13.3 Å². The van der Waals surface area contributed by atoms with Gasteiger partial charge in [0.25, 0.3) is 0 Å². The maximum atomic E-state index is 12.1. The highest BCUT2D eigenvalue weighted by Gasteiger charge is 2.31. The normalized spacial score (nSPS) is 32.1. The Morgan fingerprint density at radius 3 is 3.00 bits per heavy atom. The van der Waals surface area contributed by atoms with Crippen LogP contribution in [-0.2, 0) is 9.59 Å². The molecular formula is C12H21N3O2S. The van der Waals surface area contributed by atoms with Crippen LogP contribution in [0.5, 0.6) is 0 Å². The molecule has 2 rings (SSSR count). The molecule has 0 spiro atoms. The van der Waals surface area contributed by atoms with Crippen molar-refractivity contribution < 1.29 is 9.59 Å². The van der Waals surface area contributed by atoms with Crippen molar-refractivity contribution in [2.45, 2.75) is 43.5 Å². The van der Waals surface area contributed by atoms with Crippen molar-refractivity contribution in [3.8, 4) is 0 Å². The maximum absolute atomic E-state index is 12.1. The zero-order chi connectivity index (χ0) is 13.0. The summed E-state index contributed by atoms with van der Waals surface area (Å²) in [5.41, 5.74) is 0. The third kappa shape index (κ3) is 3.38. The molecule has 1 aliphatic carbocycles. The summed E-state index contributed by atoms with van der Waals surface area (Å²) >= 11 is 1.93. The van der Waals surface area contributed by atoms with Crippen LogP contribution >= 0.6 is 11.8 Å². The fraction of sp³-hybridized carbons (Fsp3) is 0.833. The van der Waals surface area contributed by atoms with Gasteiger partial charge >= 0.3 is 0 Å². The van der Waals surface area contributed by atoms with Crippen molar-refractivity contribution in [3.63, 3.8) is 0 Å². The number of carbonyl (C=O) groups excluding carboxylic acids is 2. The monoisotopic (exact) mass is 271 g/mol. The van der Waals surface area contributed by atoms with E-state index in [0.29, 0.717) is 17.8 Å². The predicted molar refractivity (Wildman–Crippen MR) is 72.5 cm³/mol. The van der Waals surface area contributed by atoms with Crippen LogP contribution in [-0.4, -0.2) is 48.0 Å². The van der Waals surface area contributed by atoms with Crippen molar-refractivity contribution in [2.75, 3.05) is 18.8 Å². The second-order valence-electron chi connectivity index (χ2n) is 4.78. The van der Waals surface area contributed by atoms with Crippen molar-refractivity contribution in [2.24, 2.45) is 0 Å². The molecule has 0 aromatic carbocycles. The van der Waals surface area contributed by atoms with Crippen molar-refractivity contribution in [3.05, 3.63) is 0 Å². The minimum absolute atomic E-state index is 0.0172. The summed E-state index contributed by atoms with van der Waals surface area (Å²) in [4.78, 5) is 23.1. The number of thioether (sulfide) groups is 1. The van der Waals surface area contributed by atoms with Gasteiger partial charge in [0.1, 0.15) is 6.04 Å². The van der Waals surface area contributed by atoms with Crippen LogP contribution in [0.25, 0.3) is 0 Å². The van der Waals surface area contributed by atoms with Gasteiger partial charge in [0.05, 0.1) is 6.54 Å². The molecule has 1 aliphatic heterocycles. The Bertz CT molecular complexity index is 314. The van der Waals surface area contributed by atoms with Gasteiger partial charge in [0, 0.05) is 17.8 Å². The van der Waals surface area contributed by atoms with Gasteiger partial charge in [-0.15, -0.1) is 0 Å². The fourth-order valence-corrected chi connectivity index (χ4v) is 3.74. The Morgan fingerprint density at radius 1 is 1.50 bits per heavy atom. The zero-order valence-electron chi connectivity index (χ0n) is 10.7. The van der Waals surface area contributed by atoms with E-state index in [1.165, 1.54) is 12.8 Å². The molecule has 0 radical (unpaired) electrons. The Morgan fingerprint density at radius 2 is 2.33 bits per heavy atom. The quantitative estimate of drug-likeness (QED) is 0.666. The molecular weight excluding hydrogens is 250 g/mol. The first-order valence-corrected chi connectivity index (χ1v) is 7.67. The summed E-state index contributed by atoms with van der Waals surface area (Å²) < 4.78 is 0. The molecule has 3 unspecified atom stereocenters. The van der Waals surface area contributed by atoms with Gasteiger partial charge in [-0.25, -0.2) is 0 Å². The van der Waals surface area contributed by atoms with Crippen LogP contribution in [0.3, 0.4) is 0 Å². The lowest BCUT2D eigenvalue weighted by Gasteiger charge is -2.26. The summed E-state index contributed by atoms with van der Waals surface area (Å²) in [6.45, 7) is 2.78. The first-order valence-electron chi connectivity index (χ1n) is 6.62. The second kappa shape index (κ2) is 6.43. The fourth-order valence-electron chi connectivity index (χ4n) is 2.54. The molecule has 6 heteroatoms. The lowest BCUT2D eigenvalue weighted by Crippen LogP contribution is -2.59. The lowest BCUT2D eigenvalue weighted by atomic mass is 10.2. The van der Waals surface area contributed by atoms with Crippen molar-refractivity contribution in [1.29, 1.82) is 0 Å². The highest BCUT2D eigenvalue weighted by molar-refractivity contribution is 7.99. The molecule has 18 heavy (non-hydrogen) atoms. The second-order valence-corrected chi connectivity index (χ2v) is 6.29. The molecule has 5 nitrogen and oxygen atoms in total. The van der Waals surface area contributed by atoms with Gasteiger partial charge in [0.15, 0.2) is 0 Å². The Balaban J connectivity index is 1.81. The Kier molecular flexibility index (Phi) is 4.88. The number of rotatable bonds is 4. The number of carbonyl (C=O) groups is 2. The summed E-state index contributed by atoms with van der Waals surface area (Å²) in [5, 5.41) is 9.34. The van der Waals surface area contributed by atoms with E-state index >= 15 is 0 Å². The summed E-state index contributed by atoms with van der Waals surface area (Å²) in [5.74, 6) is 1.07. The van der Waals surface area contributed by atoms with E-state index in [4.69, 9.17) is 0 Å². The van der Waals surface area contributed by atoms with E-state index < -0.39 is 0 Å². The highest BCUT2D eigenvalue weighted by atomic mass is 32.2. The Hall–Kier alpha value is -0.750. The third-order valence-electron chi connectivity index (χ3n) is 3.49. The van der Waals surface area contributed by atoms with Gasteiger partial charge < -0.3 is 10.6 Å². The molecule has 2 fully saturated rings. The molecule has 1 saturated carbocycles. The summed E-state index contributed by atoms with van der Waals surface area (Å²) in [7, 11) is 0. The average molecular weight is 271 g/mol. The molecule has 3 atom stereocenters. The zero-order valence-corrected chi connectivity index (χ0v) is 11.5. The van der Waals surface area contributed by atoms with E-state index in [2.05, 4.69) is 22.9 Å². The van der Waals surface area contributed by atoms with Gasteiger partial charge in [0.2, 0.25) is 11.8 Å². The topological polar surface area (TPSA) is 70.2 Å². The van der Waals surface area contributed by atoms with Crippen LogP contribution in [0.1, 0.15) is 26.2 Å². The van der Waals surface area contributed by atoms with Gasteiger partial charge in [-0.3, -0.25) is 14.9 Å². The number of amides is 2. The van der Waals surface area contributed by atoms with Crippen LogP contribution in [0.15, 0.2) is 0 Å². The van der Waals surface area contributed by atoms with Crippen LogP contribution in [0, 0.1) is 0 Å². The van der Waals surface area contributed by atoms with E-state index in [9.17, 15) is 9.59 Å². The molecule has 102 valence electrons. The molecule has 0 aromatic heterocycles. The summed E-state index contributed by atoms with van der Waals surface area (Å²) in [6, 6.07) is 0.0115. The number of hydrogen-bond acceptors (Lipinski definition) is 4. The van der Waals surface area contributed by atoms with Crippen LogP contribution in [0.2, 0.25) is 0 Å². The standard InChI is InChI=1S/C12H21N3O2S/c1-2-18-10-5-3-4-8(10)15-12(17)9-6-14-11(16)7-13-9/h8-10,13H,2-7H2,1H3,(H,14,16)(H,15,17). The first kappa shape index (κ1) is 13.7. The molecule has 3 N–H and O–H groups in total. The largest absolute Gasteiger partial charge is 0.353 e. The van der Waals surface area contributed by atoms with Crippen LogP contribution < -0.4 is 16.0 Å². The minimum Gasteiger partial charge on any atom is -0.353 e. The van der Waals surface area contributed by atoms with E-state index in [-0.39, 0.29) is 24.4 Å². The molecule has 0 bridgehead atoms. The van der Waals surface area contributed by atoms with Crippen molar-refractivity contribution in [1.82, 2.24) is 16.0 Å². The average Bonchev–Trinajstić information content (AvgIpc) is 2.78. The number of nitrogens with one attached hydrogen (secondary N) is 3. The molecule has 1 heterocycles. The maximum Gasteiger partial charge on any atom is 0.239 e. The smallest absolute Gasteiger partial charge is 0.239 e. The summed E-state index contributed by atoms with van der Waals surface area (Å²) in [6.07, 6.45) is 3.46. The minimum atomic E-state index is -0.282. The highest BCUT2D eigenvalue weighted by Crippen LogP contribution is 2.29. The van der Waals surface area contributed by atoms with Crippen molar-refractivity contribution >= 4 is 23.6 Å². The molecule has 2 aliphatic rings. The van der Waals surface area contributed by atoms with E-state index in [1.807, 2.05) is 11.8 Å². The SMILES string of the molecule is CCSC1CCCC1NC(=O)C1CNC(=O)CN1. The van der Waals surface area contributed by atoms with Gasteiger partial charge in [-0.05, 0) is 18.6 Å². The van der Waals surface area contributed by atoms with E-state index in [0.717, 1.165) is 12.2 Å². The molecule has 0 aromatic rings. The van der Waals surface area contributed by atoms with Gasteiger partial charge in [-0.2, -0.15) is 11.8 Å². The lowest BCUT2D eigenvalue weighted by molar-refractivity contribution is -0.127. The number of hydrogen-bond donors (Lipinski definition) is 3. The van der Waals surface area contributed by atoms with E-state index in [1.54, 1.807) is 0 Å². The van der Waals surface area contributed by atoms with Crippen LogP contribution in [0.4, 0.5) is 0 Å². The molecule has 1 saturated heterocycles.